The summed E-state index contributed by atoms with van der Waals surface area (Å²) < 4.78 is 23.5. The lowest BCUT2D eigenvalue weighted by Crippen LogP contribution is -2.01. The summed E-state index contributed by atoms with van der Waals surface area (Å²) >= 11 is 7.06. The molecule has 0 amide bonds. The third-order valence-corrected chi connectivity index (χ3v) is 4.71. The minimum absolute atomic E-state index is 0.120. The third kappa shape index (κ3) is 3.36. The summed E-state index contributed by atoms with van der Waals surface area (Å²) in [5.41, 5.74) is 0.794. The second-order valence-electron chi connectivity index (χ2n) is 4.11. The van der Waals surface area contributed by atoms with Gasteiger partial charge in [0, 0.05) is 22.2 Å². The van der Waals surface area contributed by atoms with Crippen LogP contribution in [0.5, 0.6) is 0 Å². The number of rotatable bonds is 4. The van der Waals surface area contributed by atoms with Gasteiger partial charge in [-0.3, -0.25) is 4.79 Å². The Morgan fingerprint density at radius 1 is 1.45 bits per heavy atom. The zero-order chi connectivity index (χ0) is 14.9. The SMILES string of the molecule is CS(=O)(=O)c1ccc(Cl)cc1-c1csc(CC(=O)O)n1. The quantitative estimate of drug-likeness (QED) is 0.930. The van der Waals surface area contributed by atoms with Crippen LogP contribution in [0.1, 0.15) is 5.01 Å². The van der Waals surface area contributed by atoms with Crippen LogP contribution in [0, 0.1) is 0 Å². The van der Waals surface area contributed by atoms with Gasteiger partial charge in [-0.2, -0.15) is 0 Å². The predicted molar refractivity (Wildman–Crippen MR) is 77.0 cm³/mol. The molecule has 0 aliphatic carbocycles. The van der Waals surface area contributed by atoms with E-state index in [-0.39, 0.29) is 11.3 Å². The van der Waals surface area contributed by atoms with E-state index in [0.29, 0.717) is 21.3 Å². The molecule has 0 aliphatic rings. The number of nitrogens with zero attached hydrogens (tertiary/aromatic N) is 1. The van der Waals surface area contributed by atoms with Gasteiger partial charge in [0.1, 0.15) is 5.01 Å². The molecule has 8 heteroatoms. The largest absolute Gasteiger partial charge is 0.481 e. The van der Waals surface area contributed by atoms with Crippen LogP contribution in [-0.4, -0.2) is 30.7 Å². The molecule has 1 aromatic carbocycles. The smallest absolute Gasteiger partial charge is 0.310 e. The summed E-state index contributed by atoms with van der Waals surface area (Å²) in [7, 11) is -3.42. The molecule has 0 saturated heterocycles. The van der Waals surface area contributed by atoms with Gasteiger partial charge in [-0.15, -0.1) is 11.3 Å². The standard InChI is InChI=1S/C12H10ClNO4S2/c1-20(17,18)10-3-2-7(13)4-8(10)9-6-19-11(14-9)5-12(15)16/h2-4,6H,5H2,1H3,(H,15,16). The Kier molecular flexibility index (Phi) is 4.12. The minimum atomic E-state index is -3.42. The number of aliphatic carboxylic acids is 1. The maximum Gasteiger partial charge on any atom is 0.310 e. The van der Waals surface area contributed by atoms with Crippen molar-refractivity contribution in [3.63, 3.8) is 0 Å². The molecule has 1 heterocycles. The van der Waals surface area contributed by atoms with Gasteiger partial charge < -0.3 is 5.11 Å². The number of carbonyl (C=O) groups is 1. The summed E-state index contributed by atoms with van der Waals surface area (Å²) in [5.74, 6) is -0.986. The van der Waals surface area contributed by atoms with Gasteiger partial charge >= 0.3 is 5.97 Å². The number of hydrogen-bond acceptors (Lipinski definition) is 5. The number of benzene rings is 1. The van der Waals surface area contributed by atoms with Gasteiger partial charge in [-0.05, 0) is 18.2 Å². The van der Waals surface area contributed by atoms with Crippen molar-refractivity contribution in [1.82, 2.24) is 4.98 Å². The fourth-order valence-electron chi connectivity index (χ4n) is 1.67. The minimum Gasteiger partial charge on any atom is -0.481 e. The molecular weight excluding hydrogens is 322 g/mol. The summed E-state index contributed by atoms with van der Waals surface area (Å²) in [6, 6.07) is 4.42. The maximum atomic E-state index is 11.8. The molecule has 0 unspecified atom stereocenters. The van der Waals surface area contributed by atoms with Crippen LogP contribution in [0.25, 0.3) is 11.3 Å². The van der Waals surface area contributed by atoms with Gasteiger partial charge in [-0.1, -0.05) is 11.6 Å². The fourth-order valence-corrected chi connectivity index (χ4v) is 3.51. The molecule has 0 spiro atoms. The van der Waals surface area contributed by atoms with Crippen LogP contribution in [0.2, 0.25) is 5.02 Å². The highest BCUT2D eigenvalue weighted by molar-refractivity contribution is 7.90. The van der Waals surface area contributed by atoms with E-state index in [1.807, 2.05) is 0 Å². The number of halogens is 1. The number of carboxylic acid groups (broad SMARTS) is 1. The summed E-state index contributed by atoms with van der Waals surface area (Å²) in [6.45, 7) is 0. The van der Waals surface area contributed by atoms with E-state index in [9.17, 15) is 13.2 Å². The van der Waals surface area contributed by atoms with Crippen LogP contribution in [0.4, 0.5) is 0 Å². The number of sulfone groups is 1. The Morgan fingerprint density at radius 2 is 2.15 bits per heavy atom. The first kappa shape index (κ1) is 15.0. The van der Waals surface area contributed by atoms with Crippen LogP contribution < -0.4 is 0 Å². The van der Waals surface area contributed by atoms with Gasteiger partial charge in [0.2, 0.25) is 0 Å². The second-order valence-corrected chi connectivity index (χ2v) is 7.47. The number of thiazole rings is 1. The second kappa shape index (κ2) is 5.51. The molecule has 0 fully saturated rings. The molecule has 106 valence electrons. The summed E-state index contributed by atoms with van der Waals surface area (Å²) in [6.07, 6.45) is 0.906. The average molecular weight is 332 g/mol. The van der Waals surface area contributed by atoms with Crippen LogP contribution in [0.3, 0.4) is 0 Å². The molecule has 1 N–H and O–H groups in total. The van der Waals surface area contributed by atoms with Gasteiger partial charge in [0.15, 0.2) is 9.84 Å². The molecule has 0 atom stereocenters. The Morgan fingerprint density at radius 3 is 2.75 bits per heavy atom. The summed E-state index contributed by atoms with van der Waals surface area (Å²) in [5, 5.41) is 11.1. The van der Waals surface area contributed by atoms with Crippen LogP contribution in [-0.2, 0) is 21.1 Å². The van der Waals surface area contributed by atoms with Crippen molar-refractivity contribution in [1.29, 1.82) is 0 Å². The normalized spacial score (nSPS) is 11.5. The molecule has 20 heavy (non-hydrogen) atoms. The lowest BCUT2D eigenvalue weighted by molar-refractivity contribution is -0.136. The Labute approximate surface area is 124 Å². The molecule has 0 saturated carbocycles. The number of aromatic nitrogens is 1. The monoisotopic (exact) mass is 331 g/mol. The topological polar surface area (TPSA) is 84.3 Å². The molecule has 2 aromatic rings. The molecule has 2 rings (SSSR count). The summed E-state index contributed by atoms with van der Waals surface area (Å²) in [4.78, 5) is 14.9. The van der Waals surface area contributed by atoms with Crippen molar-refractivity contribution in [3.8, 4) is 11.3 Å². The Balaban J connectivity index is 2.54. The highest BCUT2D eigenvalue weighted by Crippen LogP contribution is 2.31. The predicted octanol–water partition coefficient (Wildman–Crippen LogP) is 2.49. The van der Waals surface area contributed by atoms with E-state index >= 15 is 0 Å². The lowest BCUT2D eigenvalue weighted by atomic mass is 10.2. The zero-order valence-corrected chi connectivity index (χ0v) is 12.7. The molecule has 5 nitrogen and oxygen atoms in total. The van der Waals surface area contributed by atoms with E-state index in [1.165, 1.54) is 29.5 Å². The average Bonchev–Trinajstić information content (AvgIpc) is 2.74. The van der Waals surface area contributed by atoms with Crippen molar-refractivity contribution in [2.75, 3.05) is 6.26 Å². The molecule has 0 radical (unpaired) electrons. The van der Waals surface area contributed by atoms with E-state index in [4.69, 9.17) is 16.7 Å². The van der Waals surface area contributed by atoms with Gasteiger partial charge in [0.05, 0.1) is 17.0 Å². The Bertz CT molecular complexity index is 768. The first-order chi connectivity index (χ1) is 9.27. The van der Waals surface area contributed by atoms with Gasteiger partial charge in [0.25, 0.3) is 0 Å². The number of hydrogen-bond donors (Lipinski definition) is 1. The fraction of sp³-hybridized carbons (Fsp3) is 0.167. The van der Waals surface area contributed by atoms with Crippen molar-refractivity contribution in [2.45, 2.75) is 11.3 Å². The molecule has 0 aliphatic heterocycles. The Hall–Kier alpha value is -1.44. The van der Waals surface area contributed by atoms with E-state index in [2.05, 4.69) is 4.98 Å². The van der Waals surface area contributed by atoms with E-state index in [0.717, 1.165) is 6.26 Å². The first-order valence-electron chi connectivity index (χ1n) is 5.43. The van der Waals surface area contributed by atoms with Crippen molar-refractivity contribution in [2.24, 2.45) is 0 Å². The zero-order valence-electron chi connectivity index (χ0n) is 10.3. The first-order valence-corrected chi connectivity index (χ1v) is 8.58. The molecule has 0 bridgehead atoms. The van der Waals surface area contributed by atoms with Crippen molar-refractivity contribution in [3.05, 3.63) is 33.6 Å². The maximum absolute atomic E-state index is 11.8. The van der Waals surface area contributed by atoms with Gasteiger partial charge in [-0.25, -0.2) is 13.4 Å². The number of carboxylic acids is 1. The van der Waals surface area contributed by atoms with Crippen LogP contribution in [0.15, 0.2) is 28.5 Å². The van der Waals surface area contributed by atoms with Crippen LogP contribution >= 0.6 is 22.9 Å². The van der Waals surface area contributed by atoms with E-state index < -0.39 is 15.8 Å². The molecule has 1 aromatic heterocycles. The highest BCUT2D eigenvalue weighted by atomic mass is 35.5. The van der Waals surface area contributed by atoms with E-state index in [1.54, 1.807) is 5.38 Å². The van der Waals surface area contributed by atoms with Crippen molar-refractivity contribution < 1.29 is 18.3 Å². The van der Waals surface area contributed by atoms with Crippen molar-refractivity contribution >= 4 is 38.7 Å². The highest BCUT2D eigenvalue weighted by Gasteiger charge is 2.17. The molecular formula is C12H10ClNO4S2. The lowest BCUT2D eigenvalue weighted by Gasteiger charge is -2.06. The third-order valence-electron chi connectivity index (χ3n) is 2.47.